The molecule has 2 rings (SSSR count). The molecule has 1 aliphatic carbocycles. The van der Waals surface area contributed by atoms with Crippen LogP contribution >= 0.6 is 0 Å². The van der Waals surface area contributed by atoms with Crippen LogP contribution in [0.15, 0.2) is 6.07 Å². The van der Waals surface area contributed by atoms with Crippen LogP contribution in [0.1, 0.15) is 51.3 Å². The number of rotatable bonds is 7. The number of aryl methyl sites for hydroxylation is 1. The van der Waals surface area contributed by atoms with Crippen molar-refractivity contribution >= 4 is 11.6 Å². The van der Waals surface area contributed by atoms with Gasteiger partial charge in [-0.15, -0.1) is 0 Å². The maximum atomic E-state index is 5.44. The SMILES string of the molecule is CCCc1nc(NN)cc(NCCC2CCCC2)n1. The molecule has 5 heteroatoms. The highest BCUT2D eigenvalue weighted by molar-refractivity contribution is 5.46. The standard InChI is InChI=1S/C14H25N5/c1-2-5-12-17-13(10-14(18-12)19-15)16-9-8-11-6-3-4-7-11/h10-11H,2-9,15H2,1H3,(H2,16,17,18,19). The molecule has 0 spiro atoms. The second-order valence-corrected chi connectivity index (χ2v) is 5.31. The summed E-state index contributed by atoms with van der Waals surface area (Å²) in [6.07, 6.45) is 8.74. The van der Waals surface area contributed by atoms with E-state index in [1.165, 1.54) is 32.1 Å². The molecule has 4 N–H and O–H groups in total. The van der Waals surface area contributed by atoms with Crippen molar-refractivity contribution in [2.75, 3.05) is 17.3 Å². The molecule has 106 valence electrons. The summed E-state index contributed by atoms with van der Waals surface area (Å²) in [4.78, 5) is 8.86. The highest BCUT2D eigenvalue weighted by Crippen LogP contribution is 2.27. The van der Waals surface area contributed by atoms with Crippen LogP contribution in [0.3, 0.4) is 0 Å². The predicted octanol–water partition coefficient (Wildman–Crippen LogP) is 2.71. The maximum Gasteiger partial charge on any atom is 0.145 e. The number of nitrogens with two attached hydrogens (primary N) is 1. The first kappa shape index (κ1) is 14.1. The topological polar surface area (TPSA) is 75.9 Å². The first-order chi connectivity index (χ1) is 9.31. The van der Waals surface area contributed by atoms with E-state index in [0.717, 1.165) is 36.9 Å². The van der Waals surface area contributed by atoms with Crippen LogP contribution in [0.5, 0.6) is 0 Å². The lowest BCUT2D eigenvalue weighted by molar-refractivity contribution is 0.518. The second-order valence-electron chi connectivity index (χ2n) is 5.31. The van der Waals surface area contributed by atoms with E-state index in [9.17, 15) is 0 Å². The average Bonchev–Trinajstić information content (AvgIpc) is 2.92. The molecule has 0 aromatic carbocycles. The lowest BCUT2D eigenvalue weighted by atomic mass is 10.0. The molecule has 0 amide bonds. The molecule has 1 aromatic heterocycles. The van der Waals surface area contributed by atoms with Crippen LogP contribution in [0.4, 0.5) is 11.6 Å². The normalized spacial score (nSPS) is 15.7. The molecule has 1 fully saturated rings. The summed E-state index contributed by atoms with van der Waals surface area (Å²) in [5.41, 5.74) is 2.61. The quantitative estimate of drug-likeness (QED) is 0.521. The number of hydrogen-bond acceptors (Lipinski definition) is 5. The summed E-state index contributed by atoms with van der Waals surface area (Å²) in [6, 6.07) is 1.87. The summed E-state index contributed by atoms with van der Waals surface area (Å²) in [6.45, 7) is 3.11. The first-order valence-electron chi connectivity index (χ1n) is 7.40. The number of hydrazine groups is 1. The van der Waals surface area contributed by atoms with Crippen molar-refractivity contribution in [2.45, 2.75) is 51.9 Å². The predicted molar refractivity (Wildman–Crippen MR) is 78.9 cm³/mol. The zero-order chi connectivity index (χ0) is 13.5. The van der Waals surface area contributed by atoms with Gasteiger partial charge in [0.15, 0.2) is 0 Å². The van der Waals surface area contributed by atoms with Crippen LogP contribution in [-0.4, -0.2) is 16.5 Å². The molecule has 1 saturated carbocycles. The van der Waals surface area contributed by atoms with Gasteiger partial charge in [0.2, 0.25) is 0 Å². The second kappa shape index (κ2) is 7.28. The van der Waals surface area contributed by atoms with Gasteiger partial charge < -0.3 is 10.7 Å². The third kappa shape index (κ3) is 4.35. The summed E-state index contributed by atoms with van der Waals surface area (Å²) >= 11 is 0. The van der Waals surface area contributed by atoms with Gasteiger partial charge in [-0.05, 0) is 18.8 Å². The molecule has 0 aliphatic heterocycles. The van der Waals surface area contributed by atoms with Crippen molar-refractivity contribution in [1.82, 2.24) is 9.97 Å². The zero-order valence-corrected chi connectivity index (χ0v) is 11.8. The molecular formula is C14H25N5. The van der Waals surface area contributed by atoms with Crippen molar-refractivity contribution < 1.29 is 0 Å². The van der Waals surface area contributed by atoms with Gasteiger partial charge in [0.05, 0.1) is 0 Å². The van der Waals surface area contributed by atoms with E-state index in [2.05, 4.69) is 27.6 Å². The molecule has 0 atom stereocenters. The molecule has 0 bridgehead atoms. The number of aromatic nitrogens is 2. The number of hydrogen-bond donors (Lipinski definition) is 3. The Balaban J connectivity index is 1.88. The summed E-state index contributed by atoms with van der Waals surface area (Å²) < 4.78 is 0. The third-order valence-electron chi connectivity index (χ3n) is 3.73. The molecule has 0 saturated heterocycles. The van der Waals surface area contributed by atoms with Crippen molar-refractivity contribution in [3.8, 4) is 0 Å². The highest BCUT2D eigenvalue weighted by atomic mass is 15.3. The molecule has 1 heterocycles. The Labute approximate surface area is 115 Å². The van der Waals surface area contributed by atoms with Gasteiger partial charge in [0.25, 0.3) is 0 Å². The minimum Gasteiger partial charge on any atom is -0.370 e. The van der Waals surface area contributed by atoms with Gasteiger partial charge in [-0.2, -0.15) is 0 Å². The van der Waals surface area contributed by atoms with Crippen molar-refractivity contribution in [2.24, 2.45) is 11.8 Å². The van der Waals surface area contributed by atoms with E-state index >= 15 is 0 Å². The minimum atomic E-state index is 0.682. The zero-order valence-electron chi connectivity index (χ0n) is 11.8. The van der Waals surface area contributed by atoms with E-state index in [1.54, 1.807) is 0 Å². The van der Waals surface area contributed by atoms with Gasteiger partial charge in [-0.1, -0.05) is 32.6 Å². The van der Waals surface area contributed by atoms with E-state index in [-0.39, 0.29) is 0 Å². The van der Waals surface area contributed by atoms with E-state index in [1.807, 2.05) is 6.07 Å². The van der Waals surface area contributed by atoms with E-state index in [0.29, 0.717) is 5.82 Å². The van der Waals surface area contributed by atoms with Crippen LogP contribution in [0.2, 0.25) is 0 Å². The largest absolute Gasteiger partial charge is 0.370 e. The Bertz CT molecular complexity index is 387. The minimum absolute atomic E-state index is 0.682. The molecule has 0 unspecified atom stereocenters. The lowest BCUT2D eigenvalue weighted by Gasteiger charge is -2.12. The van der Waals surface area contributed by atoms with E-state index < -0.39 is 0 Å². The van der Waals surface area contributed by atoms with Crippen molar-refractivity contribution in [3.63, 3.8) is 0 Å². The fourth-order valence-corrected chi connectivity index (χ4v) is 2.70. The van der Waals surface area contributed by atoms with Gasteiger partial charge in [0, 0.05) is 19.0 Å². The number of nitrogen functional groups attached to an aromatic ring is 1. The Morgan fingerprint density at radius 1 is 1.26 bits per heavy atom. The van der Waals surface area contributed by atoms with Crippen molar-refractivity contribution in [3.05, 3.63) is 11.9 Å². The maximum absolute atomic E-state index is 5.44. The van der Waals surface area contributed by atoms with Crippen LogP contribution < -0.4 is 16.6 Å². The smallest absolute Gasteiger partial charge is 0.145 e. The molecule has 0 radical (unpaired) electrons. The van der Waals surface area contributed by atoms with Crippen LogP contribution in [0.25, 0.3) is 0 Å². The lowest BCUT2D eigenvalue weighted by Crippen LogP contribution is -2.13. The van der Waals surface area contributed by atoms with Crippen LogP contribution in [0, 0.1) is 5.92 Å². The fourth-order valence-electron chi connectivity index (χ4n) is 2.70. The Morgan fingerprint density at radius 3 is 2.68 bits per heavy atom. The Hall–Kier alpha value is -1.36. The summed E-state index contributed by atoms with van der Waals surface area (Å²) in [7, 11) is 0. The molecule has 5 nitrogen and oxygen atoms in total. The summed E-state index contributed by atoms with van der Waals surface area (Å²) in [5, 5.41) is 3.40. The summed E-state index contributed by atoms with van der Waals surface area (Å²) in [5.74, 6) is 8.75. The van der Waals surface area contributed by atoms with Gasteiger partial charge in [-0.3, -0.25) is 0 Å². The third-order valence-corrected chi connectivity index (χ3v) is 3.73. The molecular weight excluding hydrogens is 238 g/mol. The molecule has 19 heavy (non-hydrogen) atoms. The van der Waals surface area contributed by atoms with E-state index in [4.69, 9.17) is 5.84 Å². The van der Waals surface area contributed by atoms with Gasteiger partial charge in [0.1, 0.15) is 17.5 Å². The van der Waals surface area contributed by atoms with Crippen LogP contribution in [-0.2, 0) is 6.42 Å². The van der Waals surface area contributed by atoms with Gasteiger partial charge in [-0.25, -0.2) is 15.8 Å². The monoisotopic (exact) mass is 263 g/mol. The number of nitrogens with zero attached hydrogens (tertiary/aromatic N) is 2. The van der Waals surface area contributed by atoms with Crippen molar-refractivity contribution in [1.29, 1.82) is 0 Å². The highest BCUT2D eigenvalue weighted by Gasteiger charge is 2.14. The molecule has 1 aliphatic rings. The average molecular weight is 263 g/mol. The van der Waals surface area contributed by atoms with Gasteiger partial charge >= 0.3 is 0 Å². The first-order valence-corrected chi connectivity index (χ1v) is 7.40. The number of anilines is 2. The Kier molecular flexibility index (Phi) is 5.39. The fraction of sp³-hybridized carbons (Fsp3) is 0.714. The Morgan fingerprint density at radius 2 is 2.00 bits per heavy atom. The molecule has 1 aromatic rings. The number of nitrogens with one attached hydrogen (secondary N) is 2.